The number of nitrogens with one attached hydrogen (secondary N) is 1. The van der Waals surface area contributed by atoms with E-state index >= 15 is 0 Å². The molecule has 0 bridgehead atoms. The molecule has 1 N–H and O–H groups in total. The minimum absolute atomic E-state index is 0.128. The van der Waals surface area contributed by atoms with E-state index in [1.807, 2.05) is 42.5 Å². The Bertz CT molecular complexity index is 1550. The topological polar surface area (TPSA) is 108 Å². The number of ether oxygens (including phenoxy) is 5. The Morgan fingerprint density at radius 2 is 1.54 bits per heavy atom. The van der Waals surface area contributed by atoms with Crippen LogP contribution in [0.3, 0.4) is 0 Å². The van der Waals surface area contributed by atoms with E-state index in [-0.39, 0.29) is 18.2 Å². The van der Waals surface area contributed by atoms with Crippen LogP contribution < -0.4 is 33.9 Å². The Hall–Kier alpha value is -4.51. The van der Waals surface area contributed by atoms with Crippen LogP contribution in [0.1, 0.15) is 24.4 Å². The van der Waals surface area contributed by atoms with Gasteiger partial charge >= 0.3 is 0 Å². The van der Waals surface area contributed by atoms with Gasteiger partial charge in [-0.05, 0) is 42.3 Å². The molecule has 0 aliphatic carbocycles. The van der Waals surface area contributed by atoms with Gasteiger partial charge in [-0.15, -0.1) is 0 Å². The number of fused-ring (bicyclic) bond motifs is 1. The number of carbonyl (C=O) groups excluding carboxylic acids is 2. The summed E-state index contributed by atoms with van der Waals surface area (Å²) in [7, 11) is 7.75. The van der Waals surface area contributed by atoms with Crippen LogP contribution in [0.15, 0.2) is 54.6 Å². The number of carbonyl (C=O) groups is 2. The minimum atomic E-state index is -0.626. The molecule has 0 saturated carbocycles. The highest BCUT2D eigenvalue weighted by molar-refractivity contribution is 7.22. The number of rotatable bonds is 9. The summed E-state index contributed by atoms with van der Waals surface area (Å²) in [5.74, 6) is 1.65. The molecular formula is C30H31N3O7S. The second kappa shape index (κ2) is 11.9. The normalized spacial score (nSPS) is 16.8. The van der Waals surface area contributed by atoms with E-state index in [1.54, 1.807) is 31.3 Å². The van der Waals surface area contributed by atoms with E-state index in [0.717, 1.165) is 15.8 Å². The van der Waals surface area contributed by atoms with Crippen molar-refractivity contribution < 1.29 is 33.3 Å². The van der Waals surface area contributed by atoms with Gasteiger partial charge in [0.2, 0.25) is 17.6 Å². The number of anilines is 2. The molecule has 1 aliphatic rings. The molecule has 0 spiro atoms. The Morgan fingerprint density at radius 3 is 2.15 bits per heavy atom. The van der Waals surface area contributed by atoms with Crippen LogP contribution in [0.5, 0.6) is 28.7 Å². The maximum absolute atomic E-state index is 13.9. The van der Waals surface area contributed by atoms with Crippen LogP contribution in [0.25, 0.3) is 10.2 Å². The van der Waals surface area contributed by atoms with Crippen molar-refractivity contribution in [1.82, 2.24) is 4.98 Å². The lowest BCUT2D eigenvalue weighted by Gasteiger charge is -2.41. The summed E-state index contributed by atoms with van der Waals surface area (Å²) in [4.78, 5) is 33.7. The van der Waals surface area contributed by atoms with Crippen molar-refractivity contribution in [2.75, 3.05) is 45.8 Å². The molecule has 214 valence electrons. The molecule has 4 aromatic rings. The molecule has 10 nitrogen and oxygen atoms in total. The Kier molecular flexibility index (Phi) is 8.16. The van der Waals surface area contributed by atoms with E-state index in [0.29, 0.717) is 46.0 Å². The first-order chi connectivity index (χ1) is 19.9. The number of nitrogens with zero attached hydrogens (tertiary/aromatic N) is 2. The van der Waals surface area contributed by atoms with Gasteiger partial charge in [0.25, 0.3) is 0 Å². The van der Waals surface area contributed by atoms with Gasteiger partial charge in [-0.25, -0.2) is 4.98 Å². The van der Waals surface area contributed by atoms with Gasteiger partial charge in [-0.3, -0.25) is 9.59 Å². The molecule has 0 unspecified atom stereocenters. The third-order valence-electron chi connectivity index (χ3n) is 7.14. The first-order valence-corrected chi connectivity index (χ1v) is 13.7. The van der Waals surface area contributed by atoms with E-state index < -0.39 is 12.0 Å². The van der Waals surface area contributed by atoms with Crippen molar-refractivity contribution in [1.29, 1.82) is 0 Å². The molecule has 1 fully saturated rings. The van der Waals surface area contributed by atoms with E-state index in [9.17, 15) is 9.59 Å². The highest BCUT2D eigenvalue weighted by Gasteiger charge is 2.42. The van der Waals surface area contributed by atoms with E-state index in [2.05, 4.69) is 10.3 Å². The third kappa shape index (κ3) is 5.45. The number of aromatic nitrogens is 1. The number of hydrogen-bond donors (Lipinski definition) is 1. The average Bonchev–Trinajstić information content (AvgIpc) is 3.41. The highest BCUT2D eigenvalue weighted by Crippen LogP contribution is 2.46. The maximum atomic E-state index is 13.9. The van der Waals surface area contributed by atoms with E-state index in [4.69, 9.17) is 23.7 Å². The average molecular weight is 578 g/mol. The summed E-state index contributed by atoms with van der Waals surface area (Å²) in [5.41, 5.74) is 2.06. The summed E-state index contributed by atoms with van der Waals surface area (Å²) in [6.07, 6.45) is 0.541. The van der Waals surface area contributed by atoms with Crippen LogP contribution in [0.4, 0.5) is 10.8 Å². The summed E-state index contributed by atoms with van der Waals surface area (Å²) < 4.78 is 28.2. The first-order valence-electron chi connectivity index (χ1n) is 12.9. The Balaban J connectivity index is 1.56. The second-order valence-electron chi connectivity index (χ2n) is 9.35. The molecule has 1 aromatic heterocycles. The van der Waals surface area contributed by atoms with Crippen molar-refractivity contribution in [3.8, 4) is 28.7 Å². The lowest BCUT2D eigenvalue weighted by Crippen LogP contribution is -2.47. The largest absolute Gasteiger partial charge is 0.497 e. The maximum Gasteiger partial charge on any atom is 0.231 e. The van der Waals surface area contributed by atoms with Crippen molar-refractivity contribution in [3.05, 3.63) is 60.2 Å². The number of thiazole rings is 1. The highest BCUT2D eigenvalue weighted by atomic mass is 32.1. The quantitative estimate of drug-likeness (QED) is 0.279. The SMILES string of the molecule is COc1ccc([C@H]2[C@H](C(=O)Nc3nc4ccc(OC)cc4s3)CCC(=O)N2c2cc(OC)c(OC)c(OC)c2)cc1. The minimum Gasteiger partial charge on any atom is -0.497 e. The molecule has 1 aliphatic heterocycles. The fourth-order valence-corrected chi connectivity index (χ4v) is 6.04. The summed E-state index contributed by atoms with van der Waals surface area (Å²) in [6.45, 7) is 0. The first kappa shape index (κ1) is 28.0. The summed E-state index contributed by atoms with van der Waals surface area (Å²) in [6, 6.07) is 15.8. The number of amides is 2. The zero-order chi connectivity index (χ0) is 29.1. The van der Waals surface area contributed by atoms with Crippen molar-refractivity contribution in [2.45, 2.75) is 18.9 Å². The molecule has 2 atom stereocenters. The monoisotopic (exact) mass is 577 g/mol. The third-order valence-corrected chi connectivity index (χ3v) is 8.08. The van der Waals surface area contributed by atoms with Gasteiger partial charge in [-0.2, -0.15) is 0 Å². The lowest BCUT2D eigenvalue weighted by atomic mass is 9.83. The van der Waals surface area contributed by atoms with Gasteiger partial charge in [0, 0.05) is 18.6 Å². The van der Waals surface area contributed by atoms with Crippen LogP contribution in [0, 0.1) is 5.92 Å². The smallest absolute Gasteiger partial charge is 0.231 e. The standard InChI is InChI=1S/C30H31N3O7S/c1-36-19-8-6-17(7-9-19)27-21(29(35)32-30-31-22-12-10-20(37-2)16-25(22)41-30)11-13-26(34)33(27)18-14-23(38-3)28(40-5)24(15-18)39-4/h6-10,12,14-16,21,27H,11,13H2,1-5H3,(H,31,32,35)/t21-,27+/m1/s1. The van der Waals surface area contributed by atoms with Crippen LogP contribution >= 0.6 is 11.3 Å². The lowest BCUT2D eigenvalue weighted by molar-refractivity contribution is -0.125. The molecule has 3 aromatic carbocycles. The zero-order valence-electron chi connectivity index (χ0n) is 23.4. The predicted octanol–water partition coefficient (Wildman–Crippen LogP) is 5.46. The summed E-state index contributed by atoms with van der Waals surface area (Å²) >= 11 is 1.37. The van der Waals surface area contributed by atoms with Crippen molar-refractivity contribution in [2.24, 2.45) is 5.92 Å². The van der Waals surface area contributed by atoms with Crippen LogP contribution in [-0.2, 0) is 9.59 Å². The molecule has 1 saturated heterocycles. The summed E-state index contributed by atoms with van der Waals surface area (Å²) in [5, 5.41) is 3.48. The molecule has 2 heterocycles. The Labute approximate surface area is 241 Å². The second-order valence-corrected chi connectivity index (χ2v) is 10.4. The molecule has 2 amide bonds. The van der Waals surface area contributed by atoms with Gasteiger partial charge in [0.15, 0.2) is 16.6 Å². The number of methoxy groups -OCH3 is 5. The van der Waals surface area contributed by atoms with Gasteiger partial charge < -0.3 is 33.9 Å². The molecule has 0 radical (unpaired) electrons. The Morgan fingerprint density at radius 1 is 0.878 bits per heavy atom. The van der Waals surface area contributed by atoms with Crippen LogP contribution in [-0.4, -0.2) is 52.3 Å². The number of piperidine rings is 1. The molecule has 11 heteroatoms. The van der Waals surface area contributed by atoms with Gasteiger partial charge in [0.05, 0.1) is 63.4 Å². The predicted molar refractivity (Wildman–Crippen MR) is 157 cm³/mol. The fraction of sp³-hybridized carbons (Fsp3) is 0.300. The van der Waals surface area contributed by atoms with Gasteiger partial charge in [-0.1, -0.05) is 23.5 Å². The fourth-order valence-electron chi connectivity index (χ4n) is 5.14. The molecule has 41 heavy (non-hydrogen) atoms. The zero-order valence-corrected chi connectivity index (χ0v) is 24.2. The van der Waals surface area contributed by atoms with Crippen molar-refractivity contribution in [3.63, 3.8) is 0 Å². The molecular weight excluding hydrogens is 546 g/mol. The van der Waals surface area contributed by atoms with Crippen LogP contribution in [0.2, 0.25) is 0 Å². The number of hydrogen-bond acceptors (Lipinski definition) is 9. The van der Waals surface area contributed by atoms with Gasteiger partial charge in [0.1, 0.15) is 11.5 Å². The van der Waals surface area contributed by atoms with E-state index in [1.165, 1.54) is 32.7 Å². The molecule has 5 rings (SSSR count). The number of benzene rings is 3. The van der Waals surface area contributed by atoms with Crippen molar-refractivity contribution >= 4 is 44.2 Å².